The highest BCUT2D eigenvalue weighted by Crippen LogP contribution is 2.37. The summed E-state index contributed by atoms with van der Waals surface area (Å²) in [5, 5.41) is 6.50. The Morgan fingerprint density at radius 3 is 2.81 bits per heavy atom. The number of amides is 1. The van der Waals surface area contributed by atoms with Gasteiger partial charge in [0.05, 0.1) is 11.4 Å². The Balaban J connectivity index is 2.08. The van der Waals surface area contributed by atoms with E-state index in [1.54, 1.807) is 6.20 Å². The van der Waals surface area contributed by atoms with E-state index in [2.05, 4.69) is 48.7 Å². The molecule has 136 valence electrons. The molecule has 1 atom stereocenters. The van der Waals surface area contributed by atoms with Gasteiger partial charge in [-0.2, -0.15) is 0 Å². The van der Waals surface area contributed by atoms with Gasteiger partial charge in [-0.15, -0.1) is 0 Å². The number of fused-ring (bicyclic) bond motifs is 1. The predicted molar refractivity (Wildman–Crippen MR) is 110 cm³/mol. The summed E-state index contributed by atoms with van der Waals surface area (Å²) in [6.07, 6.45) is 5.02. The molecule has 1 heterocycles. The van der Waals surface area contributed by atoms with Crippen molar-refractivity contribution in [1.29, 1.82) is 0 Å². The Hall–Kier alpha value is -2.75. The van der Waals surface area contributed by atoms with Crippen molar-refractivity contribution in [1.82, 2.24) is 0 Å². The summed E-state index contributed by atoms with van der Waals surface area (Å²) in [6.45, 7) is 6.46. The minimum Gasteiger partial charge on any atom is -0.405 e. The zero-order valence-corrected chi connectivity index (χ0v) is 15.7. The molecule has 0 aromatic heterocycles. The highest BCUT2D eigenvalue weighted by atomic mass is 16.1. The van der Waals surface area contributed by atoms with Gasteiger partial charge in [0.25, 0.3) is 0 Å². The van der Waals surface area contributed by atoms with Crippen LogP contribution in [0.5, 0.6) is 0 Å². The van der Waals surface area contributed by atoms with Gasteiger partial charge in [-0.1, -0.05) is 38.1 Å². The van der Waals surface area contributed by atoms with Gasteiger partial charge in [-0.3, -0.25) is 4.79 Å². The molecule has 0 saturated carbocycles. The molecular weight excluding hydrogens is 322 g/mol. The Labute approximate surface area is 155 Å². The van der Waals surface area contributed by atoms with Gasteiger partial charge in [0.2, 0.25) is 5.91 Å². The number of rotatable bonds is 4. The summed E-state index contributed by atoms with van der Waals surface area (Å²) < 4.78 is 0. The molecule has 0 spiro atoms. The van der Waals surface area contributed by atoms with E-state index in [4.69, 9.17) is 5.73 Å². The molecule has 2 aromatic carbocycles. The van der Waals surface area contributed by atoms with Crippen molar-refractivity contribution in [3.8, 4) is 11.1 Å². The number of carbonyl (C=O) groups excluding carboxylic acids is 1. The number of hydrogen-bond acceptors (Lipinski definition) is 3. The lowest BCUT2D eigenvalue weighted by atomic mass is 9.93. The largest absolute Gasteiger partial charge is 0.405 e. The lowest BCUT2D eigenvalue weighted by Gasteiger charge is -2.18. The molecule has 0 aliphatic carbocycles. The van der Waals surface area contributed by atoms with Gasteiger partial charge < -0.3 is 16.4 Å². The lowest BCUT2D eigenvalue weighted by Crippen LogP contribution is -2.19. The van der Waals surface area contributed by atoms with Crippen LogP contribution in [0.4, 0.5) is 11.4 Å². The maximum absolute atomic E-state index is 12.0. The minimum absolute atomic E-state index is 0.0416. The third-order valence-corrected chi connectivity index (χ3v) is 4.58. The van der Waals surface area contributed by atoms with Crippen LogP contribution in [0.3, 0.4) is 0 Å². The Bertz CT molecular complexity index is 839. The van der Waals surface area contributed by atoms with Crippen molar-refractivity contribution in [2.24, 2.45) is 11.7 Å². The first kappa shape index (κ1) is 18.1. The van der Waals surface area contributed by atoms with E-state index < -0.39 is 0 Å². The maximum Gasteiger partial charge on any atom is 0.226 e. The Morgan fingerprint density at radius 1 is 1.27 bits per heavy atom. The van der Waals surface area contributed by atoms with Gasteiger partial charge >= 0.3 is 0 Å². The molecule has 3 rings (SSSR count). The first-order valence-corrected chi connectivity index (χ1v) is 9.19. The van der Waals surface area contributed by atoms with Gasteiger partial charge in [0.1, 0.15) is 0 Å². The van der Waals surface area contributed by atoms with E-state index in [-0.39, 0.29) is 11.9 Å². The van der Waals surface area contributed by atoms with Crippen molar-refractivity contribution in [2.75, 3.05) is 10.6 Å². The highest BCUT2D eigenvalue weighted by Gasteiger charge is 2.20. The van der Waals surface area contributed by atoms with Gasteiger partial charge in [-0.05, 0) is 60.4 Å². The van der Waals surface area contributed by atoms with E-state index in [0.717, 1.165) is 34.5 Å². The second-order valence-electron chi connectivity index (χ2n) is 7.40. The summed E-state index contributed by atoms with van der Waals surface area (Å²) in [4.78, 5) is 12.0. The number of carbonyl (C=O) groups is 1. The zero-order chi connectivity index (χ0) is 18.7. The summed E-state index contributed by atoms with van der Waals surface area (Å²) >= 11 is 0. The fraction of sp³-hybridized carbons (Fsp3) is 0.318. The monoisotopic (exact) mass is 349 g/mol. The van der Waals surface area contributed by atoms with Crippen LogP contribution in [0.25, 0.3) is 17.2 Å². The topological polar surface area (TPSA) is 67.2 Å². The third-order valence-electron chi connectivity index (χ3n) is 4.58. The molecular formula is C22H27N3O. The molecule has 4 N–H and O–H groups in total. The SMILES string of the molecule is CC(C)Cc1ccc(-c2cccc3c2N[C@H](C)CC(=O)N3)cc1/C=C\N. The first-order chi connectivity index (χ1) is 12.5. The predicted octanol–water partition coefficient (Wildman–Crippen LogP) is 4.62. The van der Waals surface area contributed by atoms with E-state index in [0.29, 0.717) is 12.3 Å². The molecule has 26 heavy (non-hydrogen) atoms. The molecule has 0 radical (unpaired) electrons. The van der Waals surface area contributed by atoms with E-state index in [9.17, 15) is 4.79 Å². The number of hydrogen-bond donors (Lipinski definition) is 3. The van der Waals surface area contributed by atoms with Crippen LogP contribution in [0.15, 0.2) is 42.6 Å². The van der Waals surface area contributed by atoms with Crippen LogP contribution in [-0.2, 0) is 11.2 Å². The van der Waals surface area contributed by atoms with E-state index >= 15 is 0 Å². The highest BCUT2D eigenvalue weighted by molar-refractivity contribution is 6.00. The molecule has 0 saturated heterocycles. The molecule has 1 aliphatic heterocycles. The quantitative estimate of drug-likeness (QED) is 0.754. The number of anilines is 2. The molecule has 1 amide bonds. The fourth-order valence-corrected chi connectivity index (χ4v) is 3.48. The summed E-state index contributed by atoms with van der Waals surface area (Å²) in [5.74, 6) is 0.622. The second kappa shape index (κ2) is 7.65. The Morgan fingerprint density at radius 2 is 2.08 bits per heavy atom. The number of nitrogens with two attached hydrogens (primary N) is 1. The molecule has 4 nitrogen and oxygen atoms in total. The molecule has 0 fully saturated rings. The minimum atomic E-state index is 0.0416. The molecule has 0 bridgehead atoms. The van der Waals surface area contributed by atoms with Crippen molar-refractivity contribution in [3.63, 3.8) is 0 Å². The van der Waals surface area contributed by atoms with Gasteiger partial charge in [0, 0.05) is 18.0 Å². The van der Waals surface area contributed by atoms with Crippen LogP contribution >= 0.6 is 0 Å². The first-order valence-electron chi connectivity index (χ1n) is 9.19. The number of benzene rings is 2. The van der Waals surface area contributed by atoms with Crippen LogP contribution in [0.1, 0.15) is 38.3 Å². The summed E-state index contributed by atoms with van der Waals surface area (Å²) in [6, 6.07) is 12.6. The normalized spacial score (nSPS) is 16.9. The molecule has 1 aliphatic rings. The van der Waals surface area contributed by atoms with Crippen LogP contribution in [0.2, 0.25) is 0 Å². The smallest absolute Gasteiger partial charge is 0.226 e. The van der Waals surface area contributed by atoms with Crippen molar-refractivity contribution in [3.05, 3.63) is 53.7 Å². The van der Waals surface area contributed by atoms with Gasteiger partial charge in [0.15, 0.2) is 0 Å². The average molecular weight is 349 g/mol. The van der Waals surface area contributed by atoms with Crippen LogP contribution < -0.4 is 16.4 Å². The second-order valence-corrected chi connectivity index (χ2v) is 7.40. The maximum atomic E-state index is 12.0. The molecule has 4 heteroatoms. The summed E-state index contributed by atoms with van der Waals surface area (Å²) in [7, 11) is 0. The number of para-hydroxylation sites is 1. The van der Waals surface area contributed by atoms with E-state index in [1.165, 1.54) is 5.56 Å². The lowest BCUT2D eigenvalue weighted by molar-refractivity contribution is -0.116. The van der Waals surface area contributed by atoms with Crippen LogP contribution in [0, 0.1) is 5.92 Å². The third kappa shape index (κ3) is 3.90. The summed E-state index contributed by atoms with van der Waals surface area (Å²) in [5.41, 5.74) is 12.1. The van der Waals surface area contributed by atoms with E-state index in [1.807, 2.05) is 25.1 Å². The van der Waals surface area contributed by atoms with Crippen molar-refractivity contribution >= 4 is 23.4 Å². The average Bonchev–Trinajstić information content (AvgIpc) is 2.72. The van der Waals surface area contributed by atoms with Crippen LogP contribution in [-0.4, -0.2) is 11.9 Å². The Kier molecular flexibility index (Phi) is 5.31. The molecule has 2 aromatic rings. The fourth-order valence-electron chi connectivity index (χ4n) is 3.48. The zero-order valence-electron chi connectivity index (χ0n) is 15.7. The van der Waals surface area contributed by atoms with Crippen molar-refractivity contribution < 1.29 is 4.79 Å². The van der Waals surface area contributed by atoms with Crippen molar-refractivity contribution in [2.45, 2.75) is 39.7 Å². The molecule has 0 unspecified atom stereocenters. The number of nitrogens with one attached hydrogen (secondary N) is 2. The standard InChI is InChI=1S/C22H27N3O/c1-14(2)11-16-7-8-18(13-17(16)9-10-23)19-5-4-6-20-22(19)24-15(3)12-21(26)25-20/h4-10,13-15,24H,11-12,23H2,1-3H3,(H,25,26)/b10-9-/t15-/m1/s1. The van der Waals surface area contributed by atoms with Gasteiger partial charge in [-0.25, -0.2) is 0 Å².